The van der Waals surface area contributed by atoms with Crippen molar-refractivity contribution in [2.45, 2.75) is 19.4 Å². The number of nitrogens with two attached hydrogens (primary N) is 1. The van der Waals surface area contributed by atoms with Crippen LogP contribution in [-0.2, 0) is 11.3 Å². The van der Waals surface area contributed by atoms with Crippen molar-refractivity contribution in [3.63, 3.8) is 0 Å². The van der Waals surface area contributed by atoms with Crippen molar-refractivity contribution >= 4 is 17.6 Å². The van der Waals surface area contributed by atoms with Crippen LogP contribution in [0.15, 0.2) is 24.3 Å². The number of benzene rings is 1. The summed E-state index contributed by atoms with van der Waals surface area (Å²) in [4.78, 5) is 27.1. The van der Waals surface area contributed by atoms with E-state index < -0.39 is 0 Å². The number of carbonyl (C=O) groups is 2. The summed E-state index contributed by atoms with van der Waals surface area (Å²) in [6.07, 6.45) is 2.34. The van der Waals surface area contributed by atoms with Crippen LogP contribution in [0.2, 0.25) is 0 Å². The summed E-state index contributed by atoms with van der Waals surface area (Å²) in [5, 5.41) is 0. The lowest BCUT2D eigenvalue weighted by Gasteiger charge is -2.17. The van der Waals surface area contributed by atoms with Gasteiger partial charge < -0.3 is 10.6 Å². The molecule has 1 aromatic rings. The monoisotopic (exact) mass is 259 g/mol. The van der Waals surface area contributed by atoms with E-state index in [-0.39, 0.29) is 18.5 Å². The summed E-state index contributed by atoms with van der Waals surface area (Å²) in [5.74, 6) is 0.447. The predicted molar refractivity (Wildman–Crippen MR) is 71.5 cm³/mol. The van der Waals surface area contributed by atoms with Gasteiger partial charge in [-0.1, -0.05) is 12.1 Å². The molecule has 1 aliphatic heterocycles. The molecule has 5 nitrogen and oxygen atoms in total. The van der Waals surface area contributed by atoms with Gasteiger partial charge >= 0.3 is 6.03 Å². The van der Waals surface area contributed by atoms with Crippen LogP contribution in [-0.4, -0.2) is 29.9 Å². The minimum atomic E-state index is -0.197. The molecule has 2 N–H and O–H groups in total. The van der Waals surface area contributed by atoms with E-state index in [1.54, 1.807) is 17.0 Å². The average molecular weight is 259 g/mol. The summed E-state index contributed by atoms with van der Waals surface area (Å²) in [6, 6.07) is 7.05. The number of hydrogen-bond donors (Lipinski definition) is 1. The molecule has 1 aromatic carbocycles. The van der Waals surface area contributed by atoms with Gasteiger partial charge in [0.25, 0.3) is 5.91 Å². The van der Waals surface area contributed by atoms with Crippen molar-refractivity contribution in [1.29, 1.82) is 0 Å². The number of amides is 3. The van der Waals surface area contributed by atoms with Crippen LogP contribution in [0.25, 0.3) is 0 Å². The highest BCUT2D eigenvalue weighted by molar-refractivity contribution is 6.19. The van der Waals surface area contributed by atoms with Crippen LogP contribution in [0, 0.1) is 5.92 Å². The third-order valence-corrected chi connectivity index (χ3v) is 3.64. The fourth-order valence-electron chi connectivity index (χ4n) is 2.34. The Hall–Kier alpha value is -1.88. The Labute approximate surface area is 112 Å². The van der Waals surface area contributed by atoms with Gasteiger partial charge in [0.15, 0.2) is 0 Å². The second-order valence-corrected chi connectivity index (χ2v) is 5.21. The van der Waals surface area contributed by atoms with E-state index in [1.807, 2.05) is 12.1 Å². The van der Waals surface area contributed by atoms with Gasteiger partial charge in [-0.25, -0.2) is 9.69 Å². The molecule has 0 unspecified atom stereocenters. The van der Waals surface area contributed by atoms with Gasteiger partial charge in [0.05, 0.1) is 5.69 Å². The third-order valence-electron chi connectivity index (χ3n) is 3.64. The maximum atomic E-state index is 12.2. The molecular formula is C14H17N3O2. The molecule has 2 fully saturated rings. The molecule has 0 radical (unpaired) electrons. The second kappa shape index (κ2) is 4.66. The van der Waals surface area contributed by atoms with E-state index in [1.165, 1.54) is 17.7 Å². The first kappa shape index (κ1) is 12.2. The zero-order valence-corrected chi connectivity index (χ0v) is 10.7. The van der Waals surface area contributed by atoms with Gasteiger partial charge in [0, 0.05) is 13.1 Å². The maximum absolute atomic E-state index is 12.2. The van der Waals surface area contributed by atoms with Crippen molar-refractivity contribution in [1.82, 2.24) is 4.90 Å². The molecular weight excluding hydrogens is 242 g/mol. The van der Waals surface area contributed by atoms with Crippen LogP contribution in [0.3, 0.4) is 0 Å². The Kier molecular flexibility index (Phi) is 2.98. The largest absolute Gasteiger partial charge is 0.331 e. The second-order valence-electron chi connectivity index (χ2n) is 5.21. The Morgan fingerprint density at radius 3 is 2.42 bits per heavy atom. The first-order chi connectivity index (χ1) is 9.19. The maximum Gasteiger partial charge on any atom is 0.331 e. The smallest absolute Gasteiger partial charge is 0.326 e. The molecule has 0 aromatic heterocycles. The Morgan fingerprint density at radius 1 is 1.16 bits per heavy atom. The van der Waals surface area contributed by atoms with Gasteiger partial charge in [-0.05, 0) is 36.5 Å². The molecule has 1 aliphatic carbocycles. The molecule has 1 saturated carbocycles. The molecule has 2 aliphatic rings. The van der Waals surface area contributed by atoms with Crippen molar-refractivity contribution in [3.05, 3.63) is 29.8 Å². The lowest BCUT2D eigenvalue weighted by Crippen LogP contribution is -2.33. The quantitative estimate of drug-likeness (QED) is 0.829. The van der Waals surface area contributed by atoms with E-state index in [4.69, 9.17) is 5.73 Å². The standard InChI is InChI=1S/C14H17N3O2/c15-7-10-3-5-12(6-4-10)17-13(18)9-16(14(17)19)8-11-1-2-11/h3-6,11H,1-2,7-9,15H2. The van der Waals surface area contributed by atoms with Crippen molar-refractivity contribution in [2.75, 3.05) is 18.0 Å². The van der Waals surface area contributed by atoms with Crippen LogP contribution >= 0.6 is 0 Å². The summed E-state index contributed by atoms with van der Waals surface area (Å²) in [6.45, 7) is 1.37. The van der Waals surface area contributed by atoms with Crippen LogP contribution in [0.1, 0.15) is 18.4 Å². The Balaban J connectivity index is 1.78. The molecule has 3 rings (SSSR count). The van der Waals surface area contributed by atoms with Crippen molar-refractivity contribution in [2.24, 2.45) is 11.7 Å². The van der Waals surface area contributed by atoms with E-state index in [9.17, 15) is 9.59 Å². The fraction of sp³-hybridized carbons (Fsp3) is 0.429. The van der Waals surface area contributed by atoms with Gasteiger partial charge in [0.2, 0.25) is 0 Å². The average Bonchev–Trinajstić information content (AvgIpc) is 3.18. The summed E-state index contributed by atoms with van der Waals surface area (Å²) in [7, 11) is 0. The SMILES string of the molecule is NCc1ccc(N2C(=O)CN(CC3CC3)C2=O)cc1. The lowest BCUT2D eigenvalue weighted by atomic mass is 10.2. The molecule has 0 atom stereocenters. The summed E-state index contributed by atoms with van der Waals surface area (Å²) in [5.41, 5.74) is 7.15. The topological polar surface area (TPSA) is 66.6 Å². The first-order valence-corrected chi connectivity index (χ1v) is 6.60. The molecule has 0 bridgehead atoms. The molecule has 3 amide bonds. The Bertz CT molecular complexity index is 508. The predicted octanol–water partition coefficient (Wildman–Crippen LogP) is 1.32. The first-order valence-electron chi connectivity index (χ1n) is 6.60. The lowest BCUT2D eigenvalue weighted by molar-refractivity contribution is -0.116. The van der Waals surface area contributed by atoms with Crippen LogP contribution in [0.5, 0.6) is 0 Å². The number of nitrogens with zero attached hydrogens (tertiary/aromatic N) is 2. The van der Waals surface area contributed by atoms with Gasteiger partial charge in [-0.2, -0.15) is 0 Å². The molecule has 100 valence electrons. The van der Waals surface area contributed by atoms with Crippen molar-refractivity contribution < 1.29 is 9.59 Å². The van der Waals surface area contributed by atoms with Crippen molar-refractivity contribution in [3.8, 4) is 0 Å². The van der Waals surface area contributed by atoms with E-state index >= 15 is 0 Å². The van der Waals surface area contributed by atoms with Gasteiger partial charge in [-0.15, -0.1) is 0 Å². The van der Waals surface area contributed by atoms with Gasteiger partial charge in [-0.3, -0.25) is 4.79 Å². The normalized spacial score (nSPS) is 19.4. The van der Waals surface area contributed by atoms with Crippen LogP contribution in [0.4, 0.5) is 10.5 Å². The molecule has 5 heteroatoms. The number of hydrogen-bond acceptors (Lipinski definition) is 3. The number of urea groups is 1. The van der Waals surface area contributed by atoms with Gasteiger partial charge in [0.1, 0.15) is 6.54 Å². The highest BCUT2D eigenvalue weighted by Gasteiger charge is 2.39. The molecule has 1 heterocycles. The minimum absolute atomic E-state index is 0.147. The molecule has 19 heavy (non-hydrogen) atoms. The summed E-state index contributed by atoms with van der Waals surface area (Å²) < 4.78 is 0. The summed E-state index contributed by atoms with van der Waals surface area (Å²) >= 11 is 0. The van der Waals surface area contributed by atoms with E-state index in [0.717, 1.165) is 5.56 Å². The molecule has 0 spiro atoms. The number of anilines is 1. The van der Waals surface area contributed by atoms with E-state index in [2.05, 4.69) is 0 Å². The Morgan fingerprint density at radius 2 is 1.84 bits per heavy atom. The zero-order valence-electron chi connectivity index (χ0n) is 10.7. The minimum Gasteiger partial charge on any atom is -0.326 e. The third kappa shape index (κ3) is 2.33. The number of carbonyl (C=O) groups excluding carboxylic acids is 2. The highest BCUT2D eigenvalue weighted by Crippen LogP contribution is 2.31. The zero-order chi connectivity index (χ0) is 13.4. The number of imide groups is 1. The highest BCUT2D eigenvalue weighted by atomic mass is 16.2. The molecule has 1 saturated heterocycles. The van der Waals surface area contributed by atoms with E-state index in [0.29, 0.717) is 24.7 Å². The fourth-order valence-corrected chi connectivity index (χ4v) is 2.34. The number of rotatable bonds is 4. The van der Waals surface area contributed by atoms with Crippen LogP contribution < -0.4 is 10.6 Å².